The van der Waals surface area contributed by atoms with E-state index < -0.39 is 0 Å². The molecular formula is C17H19NO. The van der Waals surface area contributed by atoms with Crippen LogP contribution in [-0.2, 0) is 0 Å². The molecule has 2 aromatic rings. The quantitative estimate of drug-likeness (QED) is 0.880. The van der Waals surface area contributed by atoms with E-state index in [9.17, 15) is 0 Å². The molecule has 0 radical (unpaired) electrons. The number of methoxy groups -OCH3 is 1. The molecule has 0 saturated heterocycles. The third-order valence-electron chi connectivity index (χ3n) is 3.56. The van der Waals surface area contributed by atoms with Gasteiger partial charge in [0, 0.05) is 6.04 Å². The first-order valence-corrected chi connectivity index (χ1v) is 6.82. The first kappa shape index (κ1) is 12.2. The number of rotatable bonds is 5. The van der Waals surface area contributed by atoms with E-state index in [1.54, 1.807) is 7.11 Å². The molecule has 1 saturated carbocycles. The molecule has 2 nitrogen and oxygen atoms in total. The summed E-state index contributed by atoms with van der Waals surface area (Å²) in [5, 5.41) is 3.72. The largest absolute Gasteiger partial charge is 0.497 e. The van der Waals surface area contributed by atoms with E-state index >= 15 is 0 Å². The zero-order valence-corrected chi connectivity index (χ0v) is 11.2. The van der Waals surface area contributed by atoms with Crippen molar-refractivity contribution in [3.05, 3.63) is 65.7 Å². The Morgan fingerprint density at radius 2 is 1.58 bits per heavy atom. The van der Waals surface area contributed by atoms with Crippen LogP contribution in [0.1, 0.15) is 30.0 Å². The van der Waals surface area contributed by atoms with Crippen molar-refractivity contribution in [2.24, 2.45) is 0 Å². The van der Waals surface area contributed by atoms with Crippen LogP contribution in [0.4, 0.5) is 0 Å². The first-order valence-electron chi connectivity index (χ1n) is 6.82. The second kappa shape index (κ2) is 5.45. The summed E-state index contributed by atoms with van der Waals surface area (Å²) in [6, 6.07) is 19.9. The molecule has 3 rings (SSSR count). The lowest BCUT2D eigenvalue weighted by molar-refractivity contribution is 0.414. The Balaban J connectivity index is 1.88. The monoisotopic (exact) mass is 253 g/mol. The summed E-state index contributed by atoms with van der Waals surface area (Å²) >= 11 is 0. The second-order valence-corrected chi connectivity index (χ2v) is 5.06. The second-order valence-electron chi connectivity index (χ2n) is 5.06. The molecule has 98 valence electrons. The maximum absolute atomic E-state index is 5.23. The molecule has 19 heavy (non-hydrogen) atoms. The van der Waals surface area contributed by atoms with Crippen molar-refractivity contribution in [2.45, 2.75) is 24.9 Å². The van der Waals surface area contributed by atoms with Crippen molar-refractivity contribution in [1.82, 2.24) is 5.32 Å². The number of benzene rings is 2. The number of hydrogen-bond donors (Lipinski definition) is 1. The molecular weight excluding hydrogens is 234 g/mol. The van der Waals surface area contributed by atoms with Gasteiger partial charge in [-0.2, -0.15) is 0 Å². The molecule has 0 amide bonds. The Morgan fingerprint density at radius 3 is 2.16 bits per heavy atom. The van der Waals surface area contributed by atoms with Gasteiger partial charge >= 0.3 is 0 Å². The first-order chi connectivity index (χ1) is 9.36. The minimum Gasteiger partial charge on any atom is -0.497 e. The van der Waals surface area contributed by atoms with E-state index in [-0.39, 0.29) is 6.04 Å². The number of ether oxygens (including phenoxy) is 1. The number of hydrogen-bond acceptors (Lipinski definition) is 2. The van der Waals surface area contributed by atoms with Crippen molar-refractivity contribution in [3.8, 4) is 5.75 Å². The average Bonchev–Trinajstić information content (AvgIpc) is 3.30. The Labute approximate surface area is 114 Å². The van der Waals surface area contributed by atoms with E-state index in [2.05, 4.69) is 47.8 Å². The summed E-state index contributed by atoms with van der Waals surface area (Å²) < 4.78 is 5.23. The summed E-state index contributed by atoms with van der Waals surface area (Å²) in [6.45, 7) is 0. The van der Waals surface area contributed by atoms with Crippen LogP contribution in [-0.4, -0.2) is 13.2 Å². The molecule has 0 aromatic heterocycles. The SMILES string of the molecule is COc1ccc(C(NC2CC2)c2ccccc2)cc1. The van der Waals surface area contributed by atoms with Gasteiger partial charge in [0.15, 0.2) is 0 Å². The van der Waals surface area contributed by atoms with E-state index in [1.165, 1.54) is 24.0 Å². The van der Waals surface area contributed by atoms with Crippen molar-refractivity contribution in [1.29, 1.82) is 0 Å². The highest BCUT2D eigenvalue weighted by atomic mass is 16.5. The third kappa shape index (κ3) is 2.96. The fraction of sp³-hybridized carbons (Fsp3) is 0.294. The zero-order chi connectivity index (χ0) is 13.1. The van der Waals surface area contributed by atoms with Gasteiger partial charge in [-0.25, -0.2) is 0 Å². The highest BCUT2D eigenvalue weighted by Gasteiger charge is 2.26. The molecule has 1 aliphatic carbocycles. The van der Waals surface area contributed by atoms with E-state index in [4.69, 9.17) is 4.74 Å². The molecule has 0 aliphatic heterocycles. The Hall–Kier alpha value is -1.80. The molecule has 0 heterocycles. The van der Waals surface area contributed by atoms with Crippen LogP contribution in [0.2, 0.25) is 0 Å². The molecule has 2 aromatic carbocycles. The Morgan fingerprint density at radius 1 is 0.947 bits per heavy atom. The van der Waals surface area contributed by atoms with Crippen LogP contribution >= 0.6 is 0 Å². The highest BCUT2D eigenvalue weighted by Crippen LogP contribution is 2.29. The molecule has 0 spiro atoms. The van der Waals surface area contributed by atoms with Crippen molar-refractivity contribution < 1.29 is 4.74 Å². The van der Waals surface area contributed by atoms with E-state index in [0.717, 1.165) is 5.75 Å². The third-order valence-corrected chi connectivity index (χ3v) is 3.56. The van der Waals surface area contributed by atoms with Crippen LogP contribution < -0.4 is 10.1 Å². The minimum absolute atomic E-state index is 0.277. The van der Waals surface area contributed by atoms with Crippen LogP contribution in [0, 0.1) is 0 Å². The summed E-state index contributed by atoms with van der Waals surface area (Å²) in [6.07, 6.45) is 2.58. The fourth-order valence-electron chi connectivity index (χ4n) is 2.31. The van der Waals surface area contributed by atoms with Crippen LogP contribution in [0.5, 0.6) is 5.75 Å². The summed E-state index contributed by atoms with van der Waals surface area (Å²) in [7, 11) is 1.70. The maximum Gasteiger partial charge on any atom is 0.118 e. The van der Waals surface area contributed by atoms with E-state index in [0.29, 0.717) is 6.04 Å². The Kier molecular flexibility index (Phi) is 3.51. The minimum atomic E-state index is 0.277. The van der Waals surface area contributed by atoms with Gasteiger partial charge in [-0.1, -0.05) is 42.5 Å². The van der Waals surface area contributed by atoms with Gasteiger partial charge in [-0.15, -0.1) is 0 Å². The lowest BCUT2D eigenvalue weighted by atomic mass is 9.98. The molecule has 1 fully saturated rings. The van der Waals surface area contributed by atoms with Gasteiger partial charge in [0.05, 0.1) is 13.2 Å². The molecule has 1 aliphatic rings. The topological polar surface area (TPSA) is 21.3 Å². The van der Waals surface area contributed by atoms with Crippen molar-refractivity contribution >= 4 is 0 Å². The predicted molar refractivity (Wildman–Crippen MR) is 77.4 cm³/mol. The van der Waals surface area contributed by atoms with Gasteiger partial charge < -0.3 is 10.1 Å². The number of nitrogens with one attached hydrogen (secondary N) is 1. The Bertz CT molecular complexity index is 517. The van der Waals surface area contributed by atoms with Gasteiger partial charge in [0.1, 0.15) is 5.75 Å². The summed E-state index contributed by atoms with van der Waals surface area (Å²) in [5.41, 5.74) is 2.61. The average molecular weight is 253 g/mol. The fourth-order valence-corrected chi connectivity index (χ4v) is 2.31. The van der Waals surface area contributed by atoms with Gasteiger partial charge in [0.2, 0.25) is 0 Å². The normalized spacial score (nSPS) is 16.1. The van der Waals surface area contributed by atoms with Crippen LogP contribution in [0.15, 0.2) is 54.6 Å². The standard InChI is InChI=1S/C17H19NO/c1-19-16-11-7-14(8-12-16)17(18-15-9-10-15)13-5-3-2-4-6-13/h2-8,11-12,15,17-18H,9-10H2,1H3. The van der Waals surface area contributed by atoms with Crippen LogP contribution in [0.25, 0.3) is 0 Å². The molecule has 1 unspecified atom stereocenters. The lowest BCUT2D eigenvalue weighted by Gasteiger charge is -2.20. The van der Waals surface area contributed by atoms with Gasteiger partial charge in [0.25, 0.3) is 0 Å². The molecule has 1 atom stereocenters. The predicted octanol–water partition coefficient (Wildman–Crippen LogP) is 3.54. The molecule has 2 heteroatoms. The summed E-state index contributed by atoms with van der Waals surface area (Å²) in [4.78, 5) is 0. The summed E-state index contributed by atoms with van der Waals surface area (Å²) in [5.74, 6) is 0.905. The van der Waals surface area contributed by atoms with Crippen molar-refractivity contribution in [3.63, 3.8) is 0 Å². The lowest BCUT2D eigenvalue weighted by Crippen LogP contribution is -2.24. The maximum atomic E-state index is 5.23. The van der Waals surface area contributed by atoms with Crippen LogP contribution in [0.3, 0.4) is 0 Å². The zero-order valence-electron chi connectivity index (χ0n) is 11.2. The highest BCUT2D eigenvalue weighted by molar-refractivity contribution is 5.35. The van der Waals surface area contributed by atoms with Crippen molar-refractivity contribution in [2.75, 3.05) is 7.11 Å². The molecule has 1 N–H and O–H groups in total. The van der Waals surface area contributed by atoms with Gasteiger partial charge in [-0.05, 0) is 36.1 Å². The molecule has 0 bridgehead atoms. The van der Waals surface area contributed by atoms with Gasteiger partial charge in [-0.3, -0.25) is 0 Å². The smallest absolute Gasteiger partial charge is 0.118 e. The van der Waals surface area contributed by atoms with E-state index in [1.807, 2.05) is 12.1 Å².